The van der Waals surface area contributed by atoms with Crippen LogP contribution >= 0.6 is 0 Å². The first-order valence-corrected chi connectivity index (χ1v) is 19.2. The van der Waals surface area contributed by atoms with Gasteiger partial charge >= 0.3 is 0 Å². The van der Waals surface area contributed by atoms with Crippen molar-refractivity contribution in [2.24, 2.45) is 11.7 Å². The molecule has 6 N–H and O–H groups in total. The molecule has 5 atom stereocenters. The molecule has 0 spiro atoms. The minimum Gasteiger partial charge on any atom is -0.371 e. The van der Waals surface area contributed by atoms with Crippen LogP contribution in [-0.2, 0) is 44.7 Å². The number of likely N-dealkylation sites (tertiary alicyclic amines) is 1. The van der Waals surface area contributed by atoms with Gasteiger partial charge in [-0.15, -0.1) is 0 Å². The van der Waals surface area contributed by atoms with E-state index in [1.807, 2.05) is 51.1 Å². The Bertz CT molecular complexity index is 1660. The Balaban J connectivity index is 1.48. The summed E-state index contributed by atoms with van der Waals surface area (Å²) in [5.41, 5.74) is 6.15. The monoisotopic (exact) mass is 760 g/mol. The number of amides is 6. The van der Waals surface area contributed by atoms with Crippen LogP contribution in [0.5, 0.6) is 0 Å². The predicted octanol–water partition coefficient (Wildman–Crippen LogP) is 2.39. The van der Waals surface area contributed by atoms with Crippen LogP contribution < -0.4 is 27.0 Å². The second-order valence-corrected chi connectivity index (χ2v) is 15.4. The summed E-state index contributed by atoms with van der Waals surface area (Å²) in [5, 5.41) is 10.5. The minimum atomic E-state index is -1.25. The fourth-order valence-electron chi connectivity index (χ4n) is 7.32. The zero-order valence-electron chi connectivity index (χ0n) is 32.3. The summed E-state index contributed by atoms with van der Waals surface area (Å²) in [7, 11) is 0. The molecule has 2 fully saturated rings. The van der Waals surface area contributed by atoms with Crippen molar-refractivity contribution in [3.8, 4) is 0 Å². The van der Waals surface area contributed by atoms with Gasteiger partial charge in [-0.1, -0.05) is 93.3 Å². The molecule has 2 aliphatic rings. The molecule has 0 bridgehead atoms. The molecule has 0 radical (unpaired) electrons. The normalized spacial score (nSPS) is 19.0. The lowest BCUT2D eigenvalue weighted by atomic mass is 9.83. The second-order valence-electron chi connectivity index (χ2n) is 15.4. The smallest absolute Gasteiger partial charge is 0.290 e. The van der Waals surface area contributed by atoms with Crippen molar-refractivity contribution in [3.63, 3.8) is 0 Å². The number of hydrogen-bond donors (Lipinski definition) is 5. The molecule has 4 rings (SSSR count). The fourth-order valence-corrected chi connectivity index (χ4v) is 7.32. The third kappa shape index (κ3) is 12.7. The zero-order valence-corrected chi connectivity index (χ0v) is 32.3. The number of benzene rings is 2. The maximum Gasteiger partial charge on any atom is 0.290 e. The lowest BCUT2D eigenvalue weighted by molar-refractivity contribution is -0.144. The van der Waals surface area contributed by atoms with Crippen molar-refractivity contribution in [1.29, 1.82) is 0 Å². The SMILES string of the molecule is CCCC(NC(=O)[C@@H]1C[C@@H](OC(C)(C)C)CN1C(=O)[C@@H](NC(=O)Cc1ccccc1)C1CCCCC1)C(=O)C(=O)NCC(=O)N[C@H](C(N)=O)c1ccccc1. The Morgan fingerprint density at radius 2 is 1.49 bits per heavy atom. The van der Waals surface area contributed by atoms with Crippen molar-refractivity contribution in [2.75, 3.05) is 13.1 Å². The van der Waals surface area contributed by atoms with Crippen molar-refractivity contribution in [3.05, 3.63) is 71.8 Å². The highest BCUT2D eigenvalue weighted by Crippen LogP contribution is 2.31. The van der Waals surface area contributed by atoms with E-state index in [9.17, 15) is 33.6 Å². The van der Waals surface area contributed by atoms with Crippen molar-refractivity contribution in [2.45, 2.75) is 121 Å². The molecule has 55 heavy (non-hydrogen) atoms. The van der Waals surface area contributed by atoms with Gasteiger partial charge in [0.2, 0.25) is 35.3 Å². The number of carbonyl (C=O) groups is 7. The molecule has 2 aromatic rings. The summed E-state index contributed by atoms with van der Waals surface area (Å²) in [6.07, 6.45) is 4.68. The highest BCUT2D eigenvalue weighted by atomic mass is 16.5. The van der Waals surface area contributed by atoms with Gasteiger partial charge in [-0.3, -0.25) is 33.6 Å². The van der Waals surface area contributed by atoms with Crippen LogP contribution in [0.3, 0.4) is 0 Å². The Morgan fingerprint density at radius 3 is 2.09 bits per heavy atom. The first kappa shape index (κ1) is 42.6. The Hall–Kier alpha value is -5.11. The van der Waals surface area contributed by atoms with Crippen LogP contribution in [-0.4, -0.2) is 89.0 Å². The molecule has 1 aliphatic heterocycles. The molecule has 14 nitrogen and oxygen atoms in total. The highest BCUT2D eigenvalue weighted by molar-refractivity contribution is 6.38. The summed E-state index contributed by atoms with van der Waals surface area (Å²) < 4.78 is 6.25. The van der Waals surface area contributed by atoms with E-state index < -0.39 is 71.8 Å². The number of rotatable bonds is 17. The van der Waals surface area contributed by atoms with Gasteiger partial charge in [0.05, 0.1) is 30.7 Å². The molecule has 6 amide bonds. The summed E-state index contributed by atoms with van der Waals surface area (Å²) in [4.78, 5) is 94.6. The van der Waals surface area contributed by atoms with Gasteiger partial charge in [0, 0.05) is 13.0 Å². The Kier molecular flexibility index (Phi) is 15.5. The van der Waals surface area contributed by atoms with Crippen molar-refractivity contribution < 1.29 is 38.3 Å². The van der Waals surface area contributed by atoms with Crippen molar-refractivity contribution in [1.82, 2.24) is 26.2 Å². The lowest BCUT2D eigenvalue weighted by Gasteiger charge is -2.35. The van der Waals surface area contributed by atoms with Crippen LogP contribution in [0.25, 0.3) is 0 Å². The average Bonchev–Trinajstić information content (AvgIpc) is 3.57. The number of primary amides is 1. The van der Waals surface area contributed by atoms with E-state index in [1.54, 1.807) is 37.3 Å². The van der Waals surface area contributed by atoms with E-state index in [-0.39, 0.29) is 43.5 Å². The fraction of sp³-hybridized carbons (Fsp3) is 0.537. The Morgan fingerprint density at radius 1 is 0.855 bits per heavy atom. The number of nitrogens with one attached hydrogen (secondary N) is 4. The molecule has 1 saturated carbocycles. The summed E-state index contributed by atoms with van der Waals surface area (Å²) in [6, 6.07) is 13.3. The van der Waals surface area contributed by atoms with E-state index in [0.717, 1.165) is 37.7 Å². The molecule has 1 saturated heterocycles. The van der Waals surface area contributed by atoms with Crippen LogP contribution in [0, 0.1) is 5.92 Å². The molecular formula is C41H56N6O8. The van der Waals surface area contributed by atoms with Gasteiger partial charge in [-0.2, -0.15) is 0 Å². The number of carbonyl (C=O) groups excluding carboxylic acids is 7. The van der Waals surface area contributed by atoms with Crippen LogP contribution in [0.1, 0.15) is 96.2 Å². The van der Waals surface area contributed by atoms with Crippen molar-refractivity contribution >= 4 is 41.2 Å². The van der Waals surface area contributed by atoms with Gasteiger partial charge in [-0.25, -0.2) is 0 Å². The van der Waals surface area contributed by atoms with Gasteiger partial charge in [-0.05, 0) is 57.1 Å². The first-order chi connectivity index (χ1) is 26.2. The van der Waals surface area contributed by atoms with Crippen LogP contribution in [0.4, 0.5) is 0 Å². The number of hydrogen-bond acceptors (Lipinski definition) is 8. The minimum absolute atomic E-state index is 0.0975. The predicted molar refractivity (Wildman–Crippen MR) is 205 cm³/mol. The summed E-state index contributed by atoms with van der Waals surface area (Å²) in [5.74, 6) is -5.05. The zero-order chi connectivity index (χ0) is 40.1. The van der Waals surface area contributed by atoms with Gasteiger partial charge in [0.1, 0.15) is 18.1 Å². The second kappa shape index (κ2) is 20.0. The van der Waals surface area contributed by atoms with Crippen LogP contribution in [0.15, 0.2) is 60.7 Å². The molecule has 1 aliphatic carbocycles. The standard InChI is InChI=1S/C41H56N6O8/c1-5-15-30(36(50)39(53)43-24-33(49)46-34(37(42)51)27-18-11-7-12-19-27)44-38(52)31-23-29(55-41(2,3)4)25-47(31)40(54)35(28-20-13-8-14-21-28)45-32(48)22-26-16-9-6-10-17-26/h6-7,9-12,16-19,28-31,34-35H,5,8,13-15,20-25H2,1-4H3,(H2,42,51)(H,43,53)(H,44,52)(H,45,48)(H,46,49)/t29-,30?,31+,34+,35+/m1/s1. The van der Waals surface area contributed by atoms with E-state index >= 15 is 0 Å². The van der Waals surface area contributed by atoms with Gasteiger partial charge < -0.3 is 36.6 Å². The summed E-state index contributed by atoms with van der Waals surface area (Å²) >= 11 is 0. The maximum atomic E-state index is 14.5. The molecular weight excluding hydrogens is 704 g/mol. The molecule has 14 heteroatoms. The highest BCUT2D eigenvalue weighted by Gasteiger charge is 2.46. The van der Waals surface area contributed by atoms with Gasteiger partial charge in [0.25, 0.3) is 5.91 Å². The third-order valence-electron chi connectivity index (χ3n) is 9.85. The molecule has 1 unspecified atom stereocenters. The molecule has 0 aromatic heterocycles. The third-order valence-corrected chi connectivity index (χ3v) is 9.85. The number of ether oxygens (including phenoxy) is 1. The number of ketones is 1. The van der Waals surface area contributed by atoms with Gasteiger partial charge in [0.15, 0.2) is 0 Å². The lowest BCUT2D eigenvalue weighted by Crippen LogP contribution is -2.58. The van der Waals surface area contributed by atoms with E-state index in [0.29, 0.717) is 12.0 Å². The summed E-state index contributed by atoms with van der Waals surface area (Å²) in [6.45, 7) is 6.91. The Labute approximate surface area is 323 Å². The topological polar surface area (TPSA) is 206 Å². The number of Topliss-reactive ketones (excluding diaryl/α,β-unsaturated/α-hetero) is 1. The largest absolute Gasteiger partial charge is 0.371 e. The molecule has 1 heterocycles. The van der Waals surface area contributed by atoms with E-state index in [2.05, 4.69) is 21.3 Å². The van der Waals surface area contributed by atoms with Crippen LogP contribution in [0.2, 0.25) is 0 Å². The molecule has 2 aromatic carbocycles. The van der Waals surface area contributed by atoms with E-state index in [4.69, 9.17) is 10.5 Å². The maximum absolute atomic E-state index is 14.5. The molecule has 298 valence electrons. The quantitative estimate of drug-likeness (QED) is 0.151. The average molecular weight is 761 g/mol. The first-order valence-electron chi connectivity index (χ1n) is 19.2. The number of nitrogens with two attached hydrogens (primary N) is 1. The van der Waals surface area contributed by atoms with E-state index in [1.165, 1.54) is 4.90 Å². The number of nitrogens with zero attached hydrogens (tertiary/aromatic N) is 1.